The molecule has 1 N–H and O–H groups in total. The fraction of sp³-hybridized carbons (Fsp3) is 0.267. The molecule has 0 bridgehead atoms. The largest absolute Gasteiger partial charge is 0.464 e. The van der Waals surface area contributed by atoms with Gasteiger partial charge in [-0.25, -0.2) is 14.8 Å². The Balaban J connectivity index is 2.25. The van der Waals surface area contributed by atoms with Gasteiger partial charge in [0.1, 0.15) is 5.82 Å². The van der Waals surface area contributed by atoms with Gasteiger partial charge in [-0.2, -0.15) is 0 Å². The SMILES string of the molecule is CCc1cccc(C)c1Nc1cnc(C(=O)OC)cn1. The summed E-state index contributed by atoms with van der Waals surface area (Å²) < 4.78 is 4.59. The number of benzene rings is 1. The van der Waals surface area contributed by atoms with Gasteiger partial charge in [-0.1, -0.05) is 25.1 Å². The van der Waals surface area contributed by atoms with E-state index in [1.54, 1.807) is 0 Å². The molecule has 1 aromatic carbocycles. The highest BCUT2D eigenvalue weighted by molar-refractivity contribution is 5.86. The summed E-state index contributed by atoms with van der Waals surface area (Å²) in [5.74, 6) is 0.107. The summed E-state index contributed by atoms with van der Waals surface area (Å²) in [4.78, 5) is 19.5. The molecule has 0 atom stereocenters. The number of aromatic nitrogens is 2. The van der Waals surface area contributed by atoms with E-state index >= 15 is 0 Å². The Labute approximate surface area is 118 Å². The Kier molecular flexibility index (Phi) is 4.30. The number of anilines is 2. The van der Waals surface area contributed by atoms with Gasteiger partial charge in [-0.15, -0.1) is 0 Å². The van der Waals surface area contributed by atoms with Crippen molar-refractivity contribution in [3.63, 3.8) is 0 Å². The summed E-state index contributed by atoms with van der Waals surface area (Å²) in [6.07, 6.45) is 3.86. The molecule has 0 unspecified atom stereocenters. The number of nitrogens with one attached hydrogen (secondary N) is 1. The maximum atomic E-state index is 11.3. The Morgan fingerprint density at radius 1 is 1.30 bits per heavy atom. The molecule has 0 aliphatic carbocycles. The van der Waals surface area contributed by atoms with E-state index in [0.717, 1.165) is 17.7 Å². The number of para-hydroxylation sites is 1. The third-order valence-electron chi connectivity index (χ3n) is 3.04. The second kappa shape index (κ2) is 6.14. The maximum absolute atomic E-state index is 11.3. The van der Waals surface area contributed by atoms with Crippen molar-refractivity contribution >= 4 is 17.5 Å². The molecule has 0 aliphatic rings. The molecule has 20 heavy (non-hydrogen) atoms. The maximum Gasteiger partial charge on any atom is 0.358 e. The lowest BCUT2D eigenvalue weighted by atomic mass is 10.1. The molecule has 104 valence electrons. The van der Waals surface area contributed by atoms with Crippen LogP contribution in [0.25, 0.3) is 0 Å². The highest BCUT2D eigenvalue weighted by Crippen LogP contribution is 2.24. The monoisotopic (exact) mass is 271 g/mol. The molecular formula is C15H17N3O2. The van der Waals surface area contributed by atoms with Crippen molar-refractivity contribution in [1.29, 1.82) is 0 Å². The van der Waals surface area contributed by atoms with Gasteiger partial charge < -0.3 is 10.1 Å². The Bertz CT molecular complexity index is 609. The van der Waals surface area contributed by atoms with Crippen molar-refractivity contribution in [2.75, 3.05) is 12.4 Å². The van der Waals surface area contributed by atoms with Gasteiger partial charge in [0.05, 0.1) is 19.5 Å². The first-order valence-corrected chi connectivity index (χ1v) is 6.41. The molecule has 0 radical (unpaired) electrons. The molecule has 1 aromatic heterocycles. The van der Waals surface area contributed by atoms with Crippen LogP contribution < -0.4 is 5.32 Å². The molecule has 2 rings (SSSR count). The van der Waals surface area contributed by atoms with Gasteiger partial charge in [0.15, 0.2) is 5.69 Å². The summed E-state index contributed by atoms with van der Waals surface area (Å²) in [5, 5.41) is 3.25. The number of hydrogen-bond acceptors (Lipinski definition) is 5. The standard InChI is InChI=1S/C15H17N3O2/c1-4-11-7-5-6-10(2)14(11)18-13-9-16-12(8-17-13)15(19)20-3/h5-9H,4H2,1-3H3,(H,17,18). The zero-order chi connectivity index (χ0) is 14.5. The van der Waals surface area contributed by atoms with E-state index in [4.69, 9.17) is 0 Å². The Morgan fingerprint density at radius 2 is 2.10 bits per heavy atom. The van der Waals surface area contributed by atoms with E-state index in [0.29, 0.717) is 5.82 Å². The van der Waals surface area contributed by atoms with Crippen LogP contribution in [0.1, 0.15) is 28.5 Å². The van der Waals surface area contributed by atoms with Crippen LogP contribution in [0, 0.1) is 6.92 Å². The minimum atomic E-state index is -0.491. The van der Waals surface area contributed by atoms with E-state index < -0.39 is 5.97 Å². The lowest BCUT2D eigenvalue weighted by molar-refractivity contribution is 0.0593. The van der Waals surface area contributed by atoms with E-state index in [1.807, 2.05) is 19.1 Å². The highest BCUT2D eigenvalue weighted by Gasteiger charge is 2.09. The fourth-order valence-electron chi connectivity index (χ4n) is 1.93. The number of ether oxygens (including phenoxy) is 1. The van der Waals surface area contributed by atoms with Crippen molar-refractivity contribution in [2.24, 2.45) is 0 Å². The minimum absolute atomic E-state index is 0.193. The van der Waals surface area contributed by atoms with Crippen molar-refractivity contribution < 1.29 is 9.53 Å². The summed E-state index contributed by atoms with van der Waals surface area (Å²) in [5.41, 5.74) is 3.58. The number of carbonyl (C=O) groups is 1. The van der Waals surface area contributed by atoms with Gasteiger partial charge in [0, 0.05) is 5.69 Å². The first-order valence-electron chi connectivity index (χ1n) is 6.41. The van der Waals surface area contributed by atoms with Gasteiger partial charge in [-0.05, 0) is 24.5 Å². The molecule has 0 spiro atoms. The molecule has 2 aromatic rings. The van der Waals surface area contributed by atoms with Crippen LogP contribution in [0.2, 0.25) is 0 Å². The zero-order valence-corrected chi connectivity index (χ0v) is 11.8. The third kappa shape index (κ3) is 2.93. The first-order chi connectivity index (χ1) is 9.65. The predicted molar refractivity (Wildman–Crippen MR) is 77.2 cm³/mol. The fourth-order valence-corrected chi connectivity index (χ4v) is 1.93. The molecule has 0 saturated carbocycles. The molecule has 5 heteroatoms. The van der Waals surface area contributed by atoms with Crippen LogP contribution in [0.15, 0.2) is 30.6 Å². The molecule has 0 aliphatic heterocycles. The van der Waals surface area contributed by atoms with Gasteiger partial charge in [0.25, 0.3) is 0 Å². The normalized spacial score (nSPS) is 10.2. The summed E-state index contributed by atoms with van der Waals surface area (Å²) in [6.45, 7) is 4.14. The Morgan fingerprint density at radius 3 is 2.70 bits per heavy atom. The van der Waals surface area contributed by atoms with Gasteiger partial charge >= 0.3 is 5.97 Å². The first kappa shape index (κ1) is 14.0. The van der Waals surface area contributed by atoms with E-state index in [2.05, 4.69) is 33.0 Å². The van der Waals surface area contributed by atoms with Crippen LogP contribution in [-0.4, -0.2) is 23.0 Å². The van der Waals surface area contributed by atoms with E-state index in [9.17, 15) is 4.79 Å². The second-order valence-corrected chi connectivity index (χ2v) is 4.37. The average molecular weight is 271 g/mol. The van der Waals surface area contributed by atoms with Crippen LogP contribution in [0.3, 0.4) is 0 Å². The molecular weight excluding hydrogens is 254 g/mol. The number of methoxy groups -OCH3 is 1. The number of hydrogen-bond donors (Lipinski definition) is 1. The quantitative estimate of drug-likeness (QED) is 0.866. The molecule has 5 nitrogen and oxygen atoms in total. The highest BCUT2D eigenvalue weighted by atomic mass is 16.5. The Hall–Kier alpha value is -2.43. The number of aryl methyl sites for hydroxylation is 2. The third-order valence-corrected chi connectivity index (χ3v) is 3.04. The average Bonchev–Trinajstić information content (AvgIpc) is 2.49. The van der Waals surface area contributed by atoms with Crippen LogP contribution >= 0.6 is 0 Å². The molecule has 0 saturated heterocycles. The van der Waals surface area contributed by atoms with Gasteiger partial charge in [0.2, 0.25) is 0 Å². The van der Waals surface area contributed by atoms with Crippen molar-refractivity contribution in [3.8, 4) is 0 Å². The predicted octanol–water partition coefficient (Wildman–Crippen LogP) is 2.88. The van der Waals surface area contributed by atoms with E-state index in [-0.39, 0.29) is 5.69 Å². The number of esters is 1. The van der Waals surface area contributed by atoms with Crippen molar-refractivity contribution in [1.82, 2.24) is 9.97 Å². The lowest BCUT2D eigenvalue weighted by Crippen LogP contribution is -2.06. The zero-order valence-electron chi connectivity index (χ0n) is 11.8. The number of nitrogens with zero attached hydrogens (tertiary/aromatic N) is 2. The van der Waals surface area contributed by atoms with Crippen molar-refractivity contribution in [2.45, 2.75) is 20.3 Å². The topological polar surface area (TPSA) is 64.1 Å². The second-order valence-electron chi connectivity index (χ2n) is 4.37. The summed E-state index contributed by atoms with van der Waals surface area (Å²) in [6, 6.07) is 6.15. The van der Waals surface area contributed by atoms with Crippen LogP contribution in [0.4, 0.5) is 11.5 Å². The summed E-state index contributed by atoms with van der Waals surface area (Å²) in [7, 11) is 1.32. The molecule has 0 fully saturated rings. The number of carbonyl (C=O) groups excluding carboxylic acids is 1. The number of rotatable bonds is 4. The van der Waals surface area contributed by atoms with Crippen LogP contribution in [-0.2, 0) is 11.2 Å². The molecule has 0 amide bonds. The molecule has 1 heterocycles. The smallest absolute Gasteiger partial charge is 0.358 e. The minimum Gasteiger partial charge on any atom is -0.464 e. The van der Waals surface area contributed by atoms with E-state index in [1.165, 1.54) is 25.1 Å². The lowest BCUT2D eigenvalue weighted by Gasteiger charge is -2.13. The summed E-state index contributed by atoms with van der Waals surface area (Å²) >= 11 is 0. The van der Waals surface area contributed by atoms with Gasteiger partial charge in [-0.3, -0.25) is 0 Å². The van der Waals surface area contributed by atoms with Crippen LogP contribution in [0.5, 0.6) is 0 Å². The van der Waals surface area contributed by atoms with Crippen molar-refractivity contribution in [3.05, 3.63) is 47.4 Å².